The maximum absolute atomic E-state index is 11.6. The Kier molecular flexibility index (Phi) is 6.48. The van der Waals surface area contributed by atoms with Crippen molar-refractivity contribution >= 4 is 11.9 Å². The van der Waals surface area contributed by atoms with E-state index in [0.29, 0.717) is 6.54 Å². The molecule has 0 saturated carbocycles. The summed E-state index contributed by atoms with van der Waals surface area (Å²) in [6.07, 6.45) is 1.15. The number of benzene rings is 1. The number of carbonyl (C=O) groups is 2. The first-order valence-corrected chi connectivity index (χ1v) is 6.42. The van der Waals surface area contributed by atoms with Gasteiger partial charge in [0.25, 0.3) is 5.91 Å². The molecule has 0 fully saturated rings. The van der Waals surface area contributed by atoms with E-state index in [4.69, 9.17) is 10.4 Å². The van der Waals surface area contributed by atoms with Gasteiger partial charge >= 0.3 is 5.97 Å². The van der Waals surface area contributed by atoms with Crippen molar-refractivity contribution < 1.29 is 14.7 Å². The van der Waals surface area contributed by atoms with Crippen LogP contribution in [0.2, 0.25) is 0 Å². The summed E-state index contributed by atoms with van der Waals surface area (Å²) in [6.45, 7) is 2.47. The molecule has 0 aliphatic rings. The van der Waals surface area contributed by atoms with E-state index in [-0.39, 0.29) is 18.5 Å². The number of nitriles is 1. The molecule has 6 heteroatoms. The number of nitrogens with zero attached hydrogens (tertiary/aromatic N) is 1. The first-order valence-electron chi connectivity index (χ1n) is 6.42. The van der Waals surface area contributed by atoms with Gasteiger partial charge in [-0.1, -0.05) is 29.8 Å². The van der Waals surface area contributed by atoms with E-state index in [1.54, 1.807) is 6.07 Å². The Balaban J connectivity index is 2.50. The fourth-order valence-electron chi connectivity index (χ4n) is 1.62. The molecule has 0 spiro atoms. The molecule has 6 nitrogen and oxygen atoms in total. The molecule has 1 amide bonds. The molecule has 1 aromatic rings. The summed E-state index contributed by atoms with van der Waals surface area (Å²) in [6, 6.07) is 9.63. The maximum atomic E-state index is 11.6. The summed E-state index contributed by atoms with van der Waals surface area (Å²) >= 11 is 0. The molecule has 0 atom stereocenters. The van der Waals surface area contributed by atoms with Gasteiger partial charge in [-0.2, -0.15) is 5.26 Å². The van der Waals surface area contributed by atoms with Crippen molar-refractivity contribution in [1.82, 2.24) is 10.6 Å². The Hall–Kier alpha value is -2.81. The van der Waals surface area contributed by atoms with Gasteiger partial charge in [-0.25, -0.2) is 0 Å². The number of hydrogen-bond acceptors (Lipinski definition) is 4. The van der Waals surface area contributed by atoms with Crippen LogP contribution in [0.15, 0.2) is 36.0 Å². The topological polar surface area (TPSA) is 102 Å². The predicted octanol–water partition coefficient (Wildman–Crippen LogP) is 1.08. The van der Waals surface area contributed by atoms with Crippen LogP contribution in [0.1, 0.15) is 17.5 Å². The second kappa shape index (κ2) is 8.38. The molecule has 0 aromatic heterocycles. The van der Waals surface area contributed by atoms with Crippen molar-refractivity contribution in [2.75, 3.05) is 6.54 Å². The molecular weight excluding hydrogens is 270 g/mol. The van der Waals surface area contributed by atoms with Crippen LogP contribution in [0.25, 0.3) is 0 Å². The third-order valence-corrected chi connectivity index (χ3v) is 2.62. The fourth-order valence-corrected chi connectivity index (χ4v) is 1.62. The van der Waals surface area contributed by atoms with Crippen molar-refractivity contribution in [3.63, 3.8) is 0 Å². The molecule has 1 rings (SSSR count). The van der Waals surface area contributed by atoms with Crippen LogP contribution < -0.4 is 10.6 Å². The monoisotopic (exact) mass is 287 g/mol. The zero-order valence-corrected chi connectivity index (χ0v) is 11.7. The number of carboxylic acids is 1. The number of rotatable bonds is 7. The number of nitrogens with one attached hydrogen (secondary N) is 2. The minimum absolute atomic E-state index is 0.00886. The highest BCUT2D eigenvalue weighted by molar-refractivity contribution is 5.97. The number of hydrogen-bond donors (Lipinski definition) is 3. The van der Waals surface area contributed by atoms with E-state index in [1.807, 2.05) is 31.2 Å². The number of aryl methyl sites for hydroxylation is 1. The lowest BCUT2D eigenvalue weighted by Gasteiger charge is -2.05. The minimum atomic E-state index is -1.00. The third kappa shape index (κ3) is 6.25. The van der Waals surface area contributed by atoms with Gasteiger partial charge in [0.15, 0.2) is 0 Å². The summed E-state index contributed by atoms with van der Waals surface area (Å²) in [5.41, 5.74) is 2.08. The summed E-state index contributed by atoms with van der Waals surface area (Å²) < 4.78 is 0. The van der Waals surface area contributed by atoms with E-state index in [1.165, 1.54) is 6.20 Å². The molecule has 110 valence electrons. The molecule has 0 aliphatic carbocycles. The average molecular weight is 287 g/mol. The van der Waals surface area contributed by atoms with Gasteiger partial charge in [0.2, 0.25) is 0 Å². The van der Waals surface area contributed by atoms with E-state index in [2.05, 4.69) is 10.6 Å². The summed E-state index contributed by atoms with van der Waals surface area (Å²) in [5, 5.41) is 22.7. The van der Waals surface area contributed by atoms with Crippen LogP contribution in [0.5, 0.6) is 0 Å². The molecule has 0 aliphatic heterocycles. The Morgan fingerprint density at radius 1 is 1.43 bits per heavy atom. The highest BCUT2D eigenvalue weighted by Crippen LogP contribution is 2.03. The van der Waals surface area contributed by atoms with E-state index in [9.17, 15) is 9.59 Å². The van der Waals surface area contributed by atoms with Crippen LogP contribution >= 0.6 is 0 Å². The van der Waals surface area contributed by atoms with E-state index < -0.39 is 11.9 Å². The van der Waals surface area contributed by atoms with Crippen LogP contribution in [-0.4, -0.2) is 23.5 Å². The van der Waals surface area contributed by atoms with Crippen molar-refractivity contribution in [2.24, 2.45) is 0 Å². The molecule has 0 radical (unpaired) electrons. The first-order chi connectivity index (χ1) is 10.0. The van der Waals surface area contributed by atoms with Crippen molar-refractivity contribution in [3.05, 3.63) is 47.2 Å². The highest BCUT2D eigenvalue weighted by atomic mass is 16.4. The van der Waals surface area contributed by atoms with E-state index in [0.717, 1.165) is 11.1 Å². The third-order valence-electron chi connectivity index (χ3n) is 2.62. The molecule has 3 N–H and O–H groups in total. The minimum Gasteiger partial charge on any atom is -0.481 e. The summed E-state index contributed by atoms with van der Waals surface area (Å²) in [4.78, 5) is 22.0. The first kappa shape index (κ1) is 16.2. The normalized spacial score (nSPS) is 10.6. The van der Waals surface area contributed by atoms with E-state index >= 15 is 0 Å². The van der Waals surface area contributed by atoms with Gasteiger partial charge in [-0.05, 0) is 12.5 Å². The number of carboxylic acid groups (broad SMARTS) is 1. The van der Waals surface area contributed by atoms with Crippen LogP contribution in [0.3, 0.4) is 0 Å². The quantitative estimate of drug-likeness (QED) is 0.514. The van der Waals surface area contributed by atoms with Gasteiger partial charge in [0, 0.05) is 19.3 Å². The smallest absolute Gasteiger partial charge is 0.305 e. The second-order valence-corrected chi connectivity index (χ2v) is 4.44. The largest absolute Gasteiger partial charge is 0.481 e. The van der Waals surface area contributed by atoms with Crippen molar-refractivity contribution in [2.45, 2.75) is 19.9 Å². The average Bonchev–Trinajstić information content (AvgIpc) is 2.43. The number of carbonyl (C=O) groups excluding carboxylic acids is 1. The standard InChI is InChI=1S/C15H17N3O3/c1-11-3-2-4-12(7-11)9-17-10-13(8-16)15(21)18-6-5-14(19)20/h2-4,7,10,17H,5-6,9H2,1H3,(H,18,21)(H,19,20)/b13-10-. The molecule has 21 heavy (non-hydrogen) atoms. The fraction of sp³-hybridized carbons (Fsp3) is 0.267. The SMILES string of the molecule is Cc1cccc(CN/C=C(/C#N)C(=O)NCCC(=O)O)c1. The molecule has 1 aromatic carbocycles. The Labute approximate surface area is 123 Å². The number of aliphatic carboxylic acids is 1. The summed E-state index contributed by atoms with van der Waals surface area (Å²) in [5.74, 6) is -1.59. The van der Waals surface area contributed by atoms with Crippen LogP contribution in [0, 0.1) is 18.3 Å². The van der Waals surface area contributed by atoms with Crippen LogP contribution in [-0.2, 0) is 16.1 Å². The van der Waals surface area contributed by atoms with Gasteiger partial charge in [0.05, 0.1) is 6.42 Å². The molecular formula is C15H17N3O3. The van der Waals surface area contributed by atoms with Gasteiger partial charge in [0.1, 0.15) is 11.6 Å². The lowest BCUT2D eigenvalue weighted by Crippen LogP contribution is -2.27. The van der Waals surface area contributed by atoms with Crippen molar-refractivity contribution in [3.8, 4) is 6.07 Å². The summed E-state index contributed by atoms with van der Waals surface area (Å²) in [7, 11) is 0. The van der Waals surface area contributed by atoms with Crippen molar-refractivity contribution in [1.29, 1.82) is 5.26 Å². The predicted molar refractivity (Wildman–Crippen MR) is 77.0 cm³/mol. The molecule has 0 unspecified atom stereocenters. The van der Waals surface area contributed by atoms with Gasteiger partial charge in [-0.3, -0.25) is 9.59 Å². The molecule has 0 saturated heterocycles. The Morgan fingerprint density at radius 3 is 2.81 bits per heavy atom. The number of amides is 1. The zero-order chi connectivity index (χ0) is 15.7. The molecule has 0 heterocycles. The maximum Gasteiger partial charge on any atom is 0.305 e. The Morgan fingerprint density at radius 2 is 2.19 bits per heavy atom. The van der Waals surface area contributed by atoms with Gasteiger partial charge < -0.3 is 15.7 Å². The molecule has 0 bridgehead atoms. The van der Waals surface area contributed by atoms with Crippen LogP contribution in [0.4, 0.5) is 0 Å². The lowest BCUT2D eigenvalue weighted by atomic mass is 10.1. The van der Waals surface area contributed by atoms with Gasteiger partial charge in [-0.15, -0.1) is 0 Å². The lowest BCUT2D eigenvalue weighted by molar-refractivity contribution is -0.136. The Bertz CT molecular complexity index is 588. The zero-order valence-electron chi connectivity index (χ0n) is 11.7. The second-order valence-electron chi connectivity index (χ2n) is 4.44. The highest BCUT2D eigenvalue weighted by Gasteiger charge is 2.08.